The van der Waals surface area contributed by atoms with E-state index in [0.717, 1.165) is 48.5 Å². The topological polar surface area (TPSA) is 39.7 Å². The number of benzene rings is 2. The molecule has 0 radical (unpaired) electrons. The predicted octanol–water partition coefficient (Wildman–Crippen LogP) is 7.27. The van der Waals surface area contributed by atoms with Crippen LogP contribution in [0.5, 0.6) is 0 Å². The van der Waals surface area contributed by atoms with E-state index in [9.17, 15) is 18.0 Å². The second-order valence-corrected chi connectivity index (χ2v) is 11.2. The van der Waals surface area contributed by atoms with E-state index in [1.165, 1.54) is 37.1 Å². The largest absolute Gasteiger partial charge is 0.416 e. The van der Waals surface area contributed by atoms with E-state index in [0.29, 0.717) is 24.6 Å². The molecule has 1 amide bonds. The maximum atomic E-state index is 15.8. The van der Waals surface area contributed by atoms with Crippen LogP contribution in [-0.2, 0) is 17.5 Å². The van der Waals surface area contributed by atoms with Crippen LogP contribution in [0.1, 0.15) is 48.8 Å². The summed E-state index contributed by atoms with van der Waals surface area (Å²) in [5, 5.41) is 0. The van der Waals surface area contributed by atoms with E-state index in [1.807, 2.05) is 48.3 Å². The van der Waals surface area contributed by atoms with Crippen molar-refractivity contribution in [1.29, 1.82) is 0 Å². The normalized spacial score (nSPS) is 20.2. The Morgan fingerprint density at radius 3 is 2.21 bits per heavy atom. The Kier molecular flexibility index (Phi) is 9.26. The summed E-state index contributed by atoms with van der Waals surface area (Å²) in [5.74, 6) is -0.366. The van der Waals surface area contributed by atoms with Gasteiger partial charge in [-0.3, -0.25) is 14.7 Å². The number of aromatic nitrogens is 1. The zero-order chi connectivity index (χ0) is 29.7. The first-order valence-electron chi connectivity index (χ1n) is 14.5. The van der Waals surface area contributed by atoms with E-state index < -0.39 is 24.0 Å². The van der Waals surface area contributed by atoms with Crippen molar-refractivity contribution in [2.75, 3.05) is 25.0 Å². The van der Waals surface area contributed by atoms with Gasteiger partial charge in [-0.1, -0.05) is 37.1 Å². The first-order chi connectivity index (χ1) is 20.2. The van der Waals surface area contributed by atoms with Crippen LogP contribution >= 0.6 is 0 Å². The van der Waals surface area contributed by atoms with Crippen molar-refractivity contribution in [3.8, 4) is 0 Å². The number of nitrogens with zero attached hydrogens (tertiary/aromatic N) is 4. The number of halogens is 4. The van der Waals surface area contributed by atoms with E-state index in [1.54, 1.807) is 17.3 Å². The number of carbonyl (C=O) groups is 1. The highest BCUT2D eigenvalue weighted by atomic mass is 19.4. The molecule has 9 heteroatoms. The number of carbonyl (C=O) groups excluding carboxylic acids is 1. The molecule has 0 N–H and O–H groups in total. The van der Waals surface area contributed by atoms with Crippen LogP contribution in [0.2, 0.25) is 0 Å². The maximum Gasteiger partial charge on any atom is 0.416 e. The number of hydrogen-bond acceptors (Lipinski definition) is 4. The van der Waals surface area contributed by atoms with E-state index in [4.69, 9.17) is 0 Å². The third-order valence-electron chi connectivity index (χ3n) is 8.45. The minimum atomic E-state index is -4.43. The Bertz CT molecular complexity index is 1340. The van der Waals surface area contributed by atoms with Gasteiger partial charge in [0.25, 0.3) is 0 Å². The summed E-state index contributed by atoms with van der Waals surface area (Å²) in [5.41, 5.74) is 2.52. The summed E-state index contributed by atoms with van der Waals surface area (Å²) in [6, 6.07) is 16.1. The molecule has 1 aliphatic carbocycles. The van der Waals surface area contributed by atoms with E-state index in [2.05, 4.69) is 9.88 Å². The van der Waals surface area contributed by atoms with Crippen molar-refractivity contribution in [2.45, 2.75) is 63.1 Å². The molecule has 0 bridgehead atoms. The smallest absolute Gasteiger partial charge is 0.345 e. The second-order valence-electron chi connectivity index (χ2n) is 11.2. The van der Waals surface area contributed by atoms with Crippen LogP contribution in [0.25, 0.3) is 6.08 Å². The molecule has 3 aromatic rings. The Balaban J connectivity index is 1.33. The van der Waals surface area contributed by atoms with Crippen molar-refractivity contribution in [1.82, 2.24) is 14.8 Å². The Morgan fingerprint density at radius 2 is 1.60 bits per heavy atom. The third-order valence-corrected chi connectivity index (χ3v) is 8.45. The first kappa shape index (κ1) is 29.8. The molecule has 2 aliphatic rings. The van der Waals surface area contributed by atoms with Gasteiger partial charge in [0.15, 0.2) is 0 Å². The number of hydrogen-bond donors (Lipinski definition) is 0. The highest BCUT2D eigenvalue weighted by Crippen LogP contribution is 2.31. The molecule has 2 atom stereocenters. The number of rotatable bonds is 8. The molecular weight excluding hydrogens is 544 g/mol. The molecule has 0 unspecified atom stereocenters. The molecule has 2 fully saturated rings. The predicted molar refractivity (Wildman–Crippen MR) is 157 cm³/mol. The number of likely N-dealkylation sites (tertiary alicyclic amines) is 1. The molecule has 5 rings (SSSR count). The standard InChI is InChI=1S/C33H36F4N4O/c1-39(28-16-19-38-20-17-28)27-13-8-25(9-14-27)22-41(31-18-21-40(23-30(31)34)29-4-2-3-5-29)32(42)15-10-24-6-11-26(12-7-24)33(35,36)37/h6-17,19-20,29-31H,2-5,18,21-23H2,1H3/t30-,31-/m0/s1. The molecule has 1 saturated heterocycles. The van der Waals surface area contributed by atoms with E-state index >= 15 is 4.39 Å². The summed E-state index contributed by atoms with van der Waals surface area (Å²) in [7, 11) is 1.96. The molecular formula is C33H36F4N4O. The van der Waals surface area contributed by atoms with Crippen LogP contribution in [0, 0.1) is 0 Å². The maximum absolute atomic E-state index is 15.8. The van der Waals surface area contributed by atoms with Gasteiger partial charge in [0.05, 0.1) is 11.6 Å². The fourth-order valence-corrected chi connectivity index (χ4v) is 6.01. The van der Waals surface area contributed by atoms with Crippen molar-refractivity contribution < 1.29 is 22.4 Å². The van der Waals surface area contributed by atoms with Crippen LogP contribution in [-0.4, -0.2) is 59.1 Å². The lowest BCUT2D eigenvalue weighted by atomic mass is 9.98. The average Bonchev–Trinajstić information content (AvgIpc) is 3.54. The van der Waals surface area contributed by atoms with Crippen molar-refractivity contribution in [3.05, 3.63) is 95.8 Å². The average molecular weight is 581 g/mol. The lowest BCUT2D eigenvalue weighted by Gasteiger charge is -2.42. The van der Waals surface area contributed by atoms with Gasteiger partial charge in [-0.2, -0.15) is 13.2 Å². The molecule has 42 heavy (non-hydrogen) atoms. The first-order valence-corrected chi connectivity index (χ1v) is 14.5. The minimum absolute atomic E-state index is 0.226. The summed E-state index contributed by atoms with van der Waals surface area (Å²) < 4.78 is 54.6. The fourth-order valence-electron chi connectivity index (χ4n) is 6.01. The lowest BCUT2D eigenvalue weighted by molar-refractivity contribution is -0.137. The quantitative estimate of drug-likeness (QED) is 0.208. The third kappa shape index (κ3) is 7.18. The summed E-state index contributed by atoms with van der Waals surface area (Å²) in [4.78, 5) is 23.5. The SMILES string of the molecule is CN(c1ccncc1)c1ccc(CN(C(=O)C=Cc2ccc(C(F)(F)F)cc2)[C@H]2CCN(C3CCCC3)C[C@@H]2F)cc1. The van der Waals surface area contributed by atoms with Crippen LogP contribution in [0.3, 0.4) is 0 Å². The van der Waals surface area contributed by atoms with Crippen LogP contribution in [0.4, 0.5) is 28.9 Å². The molecule has 5 nitrogen and oxygen atoms in total. The molecule has 0 spiro atoms. The lowest BCUT2D eigenvalue weighted by Crippen LogP contribution is -2.55. The van der Waals surface area contributed by atoms with Gasteiger partial charge in [0.2, 0.25) is 5.91 Å². The van der Waals surface area contributed by atoms with Gasteiger partial charge < -0.3 is 9.80 Å². The Morgan fingerprint density at radius 1 is 0.952 bits per heavy atom. The van der Waals surface area contributed by atoms with Crippen LogP contribution in [0.15, 0.2) is 79.1 Å². The van der Waals surface area contributed by atoms with Crippen molar-refractivity contribution in [2.24, 2.45) is 0 Å². The monoisotopic (exact) mass is 580 g/mol. The Labute approximate surface area is 244 Å². The highest BCUT2D eigenvalue weighted by molar-refractivity contribution is 5.92. The fraction of sp³-hybridized carbons (Fsp3) is 0.394. The number of piperidine rings is 1. The Hall–Kier alpha value is -3.72. The van der Waals surface area contributed by atoms with Gasteiger partial charge in [0.1, 0.15) is 6.17 Å². The number of alkyl halides is 4. The van der Waals surface area contributed by atoms with E-state index in [-0.39, 0.29) is 12.5 Å². The van der Waals surface area contributed by atoms with Crippen molar-refractivity contribution >= 4 is 23.4 Å². The molecule has 1 aromatic heterocycles. The molecule has 1 saturated carbocycles. The zero-order valence-corrected chi connectivity index (χ0v) is 23.7. The molecule has 1 aliphatic heterocycles. The summed E-state index contributed by atoms with van der Waals surface area (Å²) in [6.45, 7) is 1.26. The number of amides is 1. The summed E-state index contributed by atoms with van der Waals surface area (Å²) in [6.07, 6.45) is 5.72. The van der Waals surface area contributed by atoms with Gasteiger partial charge in [-0.25, -0.2) is 4.39 Å². The molecule has 222 valence electrons. The second kappa shape index (κ2) is 13.1. The molecule has 2 aromatic carbocycles. The minimum Gasteiger partial charge on any atom is -0.345 e. The number of pyridine rings is 1. The number of anilines is 2. The summed E-state index contributed by atoms with van der Waals surface area (Å²) >= 11 is 0. The van der Waals surface area contributed by atoms with Gasteiger partial charge in [0, 0.05) is 62.6 Å². The van der Waals surface area contributed by atoms with Gasteiger partial charge in [-0.15, -0.1) is 0 Å². The van der Waals surface area contributed by atoms with Gasteiger partial charge >= 0.3 is 6.18 Å². The highest BCUT2D eigenvalue weighted by Gasteiger charge is 2.38. The molecule has 2 heterocycles. The van der Waals surface area contributed by atoms with Crippen molar-refractivity contribution in [3.63, 3.8) is 0 Å². The zero-order valence-electron chi connectivity index (χ0n) is 23.7. The van der Waals surface area contributed by atoms with Crippen LogP contribution < -0.4 is 4.90 Å². The van der Waals surface area contributed by atoms with Gasteiger partial charge in [-0.05, 0) is 72.9 Å².